The standard InChI is InChI=1S/C9H16N2O2S/c1-4-7-11(6-3)14(12,13)9(5-2)8-10/h4,9H,1,5-7H2,2-3H3. The van der Waals surface area contributed by atoms with Crippen molar-refractivity contribution in [2.75, 3.05) is 13.1 Å². The Morgan fingerprint density at radius 2 is 2.14 bits per heavy atom. The smallest absolute Gasteiger partial charge is 0.211 e. The molecular formula is C9H16N2O2S. The third kappa shape index (κ3) is 2.82. The van der Waals surface area contributed by atoms with Crippen LogP contribution in [0.4, 0.5) is 0 Å². The molecule has 14 heavy (non-hydrogen) atoms. The first-order valence-corrected chi connectivity index (χ1v) is 6.04. The lowest BCUT2D eigenvalue weighted by Crippen LogP contribution is -2.37. The lowest BCUT2D eigenvalue weighted by atomic mass is 10.4. The third-order valence-electron chi connectivity index (χ3n) is 1.92. The molecule has 0 N–H and O–H groups in total. The monoisotopic (exact) mass is 216 g/mol. The first kappa shape index (κ1) is 13.1. The second kappa shape index (κ2) is 5.78. The molecule has 0 aromatic carbocycles. The summed E-state index contributed by atoms with van der Waals surface area (Å²) in [6.45, 7) is 7.54. The number of hydrogen-bond donors (Lipinski definition) is 0. The largest absolute Gasteiger partial charge is 0.230 e. The fraction of sp³-hybridized carbons (Fsp3) is 0.667. The molecule has 0 saturated carbocycles. The number of likely N-dealkylation sites (N-methyl/N-ethyl adjacent to an activating group) is 1. The molecule has 4 nitrogen and oxygen atoms in total. The van der Waals surface area contributed by atoms with Gasteiger partial charge in [0.15, 0.2) is 5.25 Å². The zero-order chi connectivity index (χ0) is 11.2. The van der Waals surface area contributed by atoms with E-state index < -0.39 is 15.3 Å². The van der Waals surface area contributed by atoms with Crippen molar-refractivity contribution in [1.82, 2.24) is 4.31 Å². The van der Waals surface area contributed by atoms with E-state index in [-0.39, 0.29) is 6.54 Å². The highest BCUT2D eigenvalue weighted by Gasteiger charge is 2.28. The van der Waals surface area contributed by atoms with E-state index in [0.717, 1.165) is 0 Å². The average molecular weight is 216 g/mol. The molecule has 0 aliphatic carbocycles. The molecule has 0 saturated heterocycles. The first-order valence-electron chi connectivity index (χ1n) is 4.54. The minimum atomic E-state index is -3.47. The van der Waals surface area contributed by atoms with Gasteiger partial charge in [0, 0.05) is 13.1 Å². The predicted octanol–water partition coefficient (Wildman–Crippen LogP) is 1.13. The van der Waals surface area contributed by atoms with Crippen LogP contribution < -0.4 is 0 Å². The van der Waals surface area contributed by atoms with Gasteiger partial charge in [-0.05, 0) is 6.42 Å². The zero-order valence-corrected chi connectivity index (χ0v) is 9.42. The van der Waals surface area contributed by atoms with Crippen LogP contribution in [0.3, 0.4) is 0 Å². The van der Waals surface area contributed by atoms with Gasteiger partial charge < -0.3 is 0 Å². The van der Waals surface area contributed by atoms with Crippen LogP contribution in [-0.4, -0.2) is 31.1 Å². The van der Waals surface area contributed by atoms with Crippen LogP contribution in [0.1, 0.15) is 20.3 Å². The van der Waals surface area contributed by atoms with Crippen LogP contribution in [-0.2, 0) is 10.0 Å². The van der Waals surface area contributed by atoms with Crippen molar-refractivity contribution in [2.45, 2.75) is 25.5 Å². The molecule has 0 radical (unpaired) electrons. The number of sulfonamides is 1. The molecule has 0 rings (SSSR count). The normalized spacial score (nSPS) is 13.6. The Balaban J connectivity index is 4.91. The highest BCUT2D eigenvalue weighted by Crippen LogP contribution is 2.11. The third-order valence-corrected chi connectivity index (χ3v) is 4.20. The second-order valence-corrected chi connectivity index (χ2v) is 4.93. The van der Waals surface area contributed by atoms with Gasteiger partial charge in [-0.3, -0.25) is 0 Å². The summed E-state index contributed by atoms with van der Waals surface area (Å²) in [6, 6.07) is 1.80. The molecule has 0 aromatic rings. The quantitative estimate of drug-likeness (QED) is 0.625. The van der Waals surface area contributed by atoms with Crippen molar-refractivity contribution >= 4 is 10.0 Å². The molecule has 1 atom stereocenters. The van der Waals surface area contributed by atoms with Crippen molar-refractivity contribution < 1.29 is 8.42 Å². The molecular weight excluding hydrogens is 200 g/mol. The number of nitriles is 1. The van der Waals surface area contributed by atoms with Crippen LogP contribution in [0, 0.1) is 11.3 Å². The van der Waals surface area contributed by atoms with Gasteiger partial charge in [0.25, 0.3) is 0 Å². The van der Waals surface area contributed by atoms with E-state index in [1.807, 2.05) is 0 Å². The minimum absolute atomic E-state index is 0.261. The van der Waals surface area contributed by atoms with Crippen molar-refractivity contribution in [1.29, 1.82) is 5.26 Å². The molecule has 0 fully saturated rings. The molecule has 5 heteroatoms. The molecule has 0 heterocycles. The number of hydrogen-bond acceptors (Lipinski definition) is 3. The van der Waals surface area contributed by atoms with Crippen LogP contribution in [0.15, 0.2) is 12.7 Å². The highest BCUT2D eigenvalue weighted by molar-refractivity contribution is 7.90. The lowest BCUT2D eigenvalue weighted by molar-refractivity contribution is 0.453. The fourth-order valence-corrected chi connectivity index (χ4v) is 2.69. The summed E-state index contributed by atoms with van der Waals surface area (Å²) in [5, 5.41) is 7.75. The van der Waals surface area contributed by atoms with Crippen LogP contribution >= 0.6 is 0 Å². The molecule has 0 amide bonds. The van der Waals surface area contributed by atoms with Crippen LogP contribution in [0.25, 0.3) is 0 Å². The molecule has 1 unspecified atom stereocenters. The van der Waals surface area contributed by atoms with E-state index >= 15 is 0 Å². The van der Waals surface area contributed by atoms with E-state index in [2.05, 4.69) is 6.58 Å². The van der Waals surface area contributed by atoms with Gasteiger partial charge in [0.2, 0.25) is 10.0 Å². The summed E-state index contributed by atoms with van der Waals surface area (Å²) in [5.41, 5.74) is 0. The van der Waals surface area contributed by atoms with Crippen molar-refractivity contribution in [2.24, 2.45) is 0 Å². The van der Waals surface area contributed by atoms with E-state index in [0.29, 0.717) is 13.0 Å². The lowest BCUT2D eigenvalue weighted by Gasteiger charge is -2.20. The molecule has 0 spiro atoms. The number of rotatable bonds is 6. The Morgan fingerprint density at radius 1 is 1.57 bits per heavy atom. The van der Waals surface area contributed by atoms with Gasteiger partial charge in [-0.2, -0.15) is 9.57 Å². The van der Waals surface area contributed by atoms with Crippen molar-refractivity contribution in [3.8, 4) is 6.07 Å². The Morgan fingerprint density at radius 3 is 2.43 bits per heavy atom. The molecule has 0 aromatic heterocycles. The van der Waals surface area contributed by atoms with Gasteiger partial charge in [-0.25, -0.2) is 8.42 Å². The van der Waals surface area contributed by atoms with Gasteiger partial charge in [0.05, 0.1) is 6.07 Å². The van der Waals surface area contributed by atoms with E-state index in [1.54, 1.807) is 19.9 Å². The molecule has 0 bridgehead atoms. The van der Waals surface area contributed by atoms with Gasteiger partial charge in [0.1, 0.15) is 0 Å². The Labute approximate surface area is 85.9 Å². The molecule has 0 aliphatic heterocycles. The second-order valence-electron chi connectivity index (χ2n) is 2.81. The van der Waals surface area contributed by atoms with E-state index in [1.165, 1.54) is 10.4 Å². The van der Waals surface area contributed by atoms with E-state index in [4.69, 9.17) is 5.26 Å². The summed E-state index contributed by atoms with van der Waals surface area (Å²) in [7, 11) is -3.47. The predicted molar refractivity (Wildman–Crippen MR) is 56.1 cm³/mol. The van der Waals surface area contributed by atoms with E-state index in [9.17, 15) is 8.42 Å². The number of nitrogens with zero attached hydrogens (tertiary/aromatic N) is 2. The molecule has 0 aliphatic rings. The minimum Gasteiger partial charge on any atom is -0.211 e. The average Bonchev–Trinajstić information content (AvgIpc) is 2.15. The zero-order valence-electron chi connectivity index (χ0n) is 8.60. The van der Waals surface area contributed by atoms with Crippen molar-refractivity contribution in [3.05, 3.63) is 12.7 Å². The first-order chi connectivity index (χ1) is 6.54. The Kier molecular flexibility index (Phi) is 5.43. The maximum Gasteiger partial charge on any atom is 0.230 e. The topological polar surface area (TPSA) is 61.2 Å². The van der Waals surface area contributed by atoms with Crippen LogP contribution in [0.2, 0.25) is 0 Å². The highest BCUT2D eigenvalue weighted by atomic mass is 32.2. The summed E-state index contributed by atoms with van der Waals surface area (Å²) < 4.78 is 24.8. The Bertz CT molecular complexity index is 316. The SMILES string of the molecule is C=CCN(CC)S(=O)(=O)C(C#N)CC. The summed E-state index contributed by atoms with van der Waals surface area (Å²) in [5.74, 6) is 0. The van der Waals surface area contributed by atoms with Gasteiger partial charge in [-0.15, -0.1) is 6.58 Å². The fourth-order valence-electron chi connectivity index (χ4n) is 1.11. The van der Waals surface area contributed by atoms with Crippen molar-refractivity contribution in [3.63, 3.8) is 0 Å². The maximum atomic E-state index is 11.8. The van der Waals surface area contributed by atoms with Crippen LogP contribution in [0.5, 0.6) is 0 Å². The summed E-state index contributed by atoms with van der Waals surface area (Å²) in [4.78, 5) is 0. The maximum absolute atomic E-state index is 11.8. The summed E-state index contributed by atoms with van der Waals surface area (Å²) in [6.07, 6.45) is 1.83. The summed E-state index contributed by atoms with van der Waals surface area (Å²) >= 11 is 0. The van der Waals surface area contributed by atoms with Gasteiger partial charge >= 0.3 is 0 Å². The molecule has 80 valence electrons. The Hall–Kier alpha value is -0.860. The van der Waals surface area contributed by atoms with Gasteiger partial charge in [-0.1, -0.05) is 19.9 Å².